The summed E-state index contributed by atoms with van der Waals surface area (Å²) in [6.07, 6.45) is 0.0417. The molecule has 10 heteroatoms. The molecule has 0 aliphatic carbocycles. The Bertz CT molecular complexity index is 1050. The molecule has 3 aromatic rings. The third-order valence-electron chi connectivity index (χ3n) is 3.86. The van der Waals surface area contributed by atoms with E-state index in [4.69, 9.17) is 10.5 Å². The quantitative estimate of drug-likeness (QED) is 0.580. The molecule has 0 spiro atoms. The number of aromatic nitrogens is 2. The van der Waals surface area contributed by atoms with Crippen LogP contribution in [0.2, 0.25) is 0 Å². The molecule has 0 atom stereocenters. The second-order valence-electron chi connectivity index (χ2n) is 7.29. The van der Waals surface area contributed by atoms with Crippen molar-refractivity contribution in [3.8, 4) is 5.75 Å². The van der Waals surface area contributed by atoms with Crippen LogP contribution in [-0.4, -0.2) is 38.2 Å². The number of fused-ring (bicyclic) bond motifs is 1. The Labute approximate surface area is 169 Å². The normalized spacial score (nSPS) is 11.7. The minimum Gasteiger partial charge on any atom is -0.506 e. The van der Waals surface area contributed by atoms with Crippen molar-refractivity contribution < 1.29 is 14.6 Å². The number of carbonyl (C=O) groups is 1. The summed E-state index contributed by atoms with van der Waals surface area (Å²) < 4.78 is 6.20. The van der Waals surface area contributed by atoms with Crippen molar-refractivity contribution in [1.82, 2.24) is 14.9 Å². The van der Waals surface area contributed by atoms with Crippen LogP contribution in [0.3, 0.4) is 0 Å². The van der Waals surface area contributed by atoms with Gasteiger partial charge in [0.15, 0.2) is 5.13 Å². The highest BCUT2D eigenvalue weighted by Crippen LogP contribution is 2.28. The van der Waals surface area contributed by atoms with E-state index in [1.807, 2.05) is 26.2 Å². The van der Waals surface area contributed by atoms with E-state index in [1.165, 1.54) is 11.3 Å². The van der Waals surface area contributed by atoms with Crippen molar-refractivity contribution >= 4 is 44.1 Å². The van der Waals surface area contributed by atoms with Gasteiger partial charge in [0, 0.05) is 11.9 Å². The highest BCUT2D eigenvalue weighted by Gasteiger charge is 2.23. The number of aromatic hydroxyl groups is 1. The summed E-state index contributed by atoms with van der Waals surface area (Å²) >= 11 is 2.35. The number of amides is 1. The number of H-pyrrole nitrogens is 1. The summed E-state index contributed by atoms with van der Waals surface area (Å²) in [4.78, 5) is 32.5. The van der Waals surface area contributed by atoms with Crippen LogP contribution in [0.15, 0.2) is 22.3 Å². The van der Waals surface area contributed by atoms with E-state index in [0.29, 0.717) is 34.0 Å². The first-order chi connectivity index (χ1) is 13.1. The van der Waals surface area contributed by atoms with Crippen LogP contribution in [-0.2, 0) is 17.7 Å². The Balaban J connectivity index is 1.82. The van der Waals surface area contributed by atoms with Crippen molar-refractivity contribution in [3.05, 3.63) is 38.4 Å². The number of thiazole rings is 2. The molecular formula is C18H22N4O4S2. The van der Waals surface area contributed by atoms with E-state index < -0.39 is 11.7 Å². The highest BCUT2D eigenvalue weighted by molar-refractivity contribution is 7.16. The number of hydrogen-bond acceptors (Lipinski definition) is 8. The van der Waals surface area contributed by atoms with Gasteiger partial charge >= 0.3 is 11.0 Å². The lowest BCUT2D eigenvalue weighted by Gasteiger charge is -2.27. The molecule has 0 unspecified atom stereocenters. The number of phenols is 1. The molecule has 2 heterocycles. The van der Waals surface area contributed by atoms with Gasteiger partial charge in [-0.05, 0) is 38.8 Å². The van der Waals surface area contributed by atoms with Crippen LogP contribution in [0.25, 0.3) is 10.2 Å². The second-order valence-corrected chi connectivity index (χ2v) is 9.16. The maximum Gasteiger partial charge on any atom is 0.410 e. The fourth-order valence-corrected chi connectivity index (χ4v) is 4.13. The number of aromatic amines is 1. The number of nitrogens with two attached hydrogens (primary N) is 1. The summed E-state index contributed by atoms with van der Waals surface area (Å²) in [5.41, 5.74) is 7.04. The number of anilines is 1. The van der Waals surface area contributed by atoms with Crippen LogP contribution < -0.4 is 10.6 Å². The van der Waals surface area contributed by atoms with Crippen LogP contribution in [0.1, 0.15) is 32.0 Å². The number of benzene rings is 1. The van der Waals surface area contributed by atoms with Crippen LogP contribution in [0.4, 0.5) is 9.93 Å². The number of rotatable bonds is 5. The molecule has 0 radical (unpaired) electrons. The Morgan fingerprint density at radius 2 is 2.14 bits per heavy atom. The molecule has 1 aromatic carbocycles. The van der Waals surface area contributed by atoms with Gasteiger partial charge in [-0.1, -0.05) is 17.4 Å². The van der Waals surface area contributed by atoms with E-state index in [-0.39, 0.29) is 17.2 Å². The predicted molar refractivity (Wildman–Crippen MR) is 111 cm³/mol. The number of ether oxygens (including phenoxy) is 1. The Hall–Kier alpha value is -2.59. The van der Waals surface area contributed by atoms with Gasteiger partial charge in [-0.2, -0.15) is 0 Å². The molecule has 0 saturated carbocycles. The lowest BCUT2D eigenvalue weighted by molar-refractivity contribution is 0.0234. The number of carbonyl (C=O) groups excluding carboxylic acids is 1. The van der Waals surface area contributed by atoms with Crippen molar-refractivity contribution in [1.29, 1.82) is 0 Å². The topological polar surface area (TPSA) is 122 Å². The predicted octanol–water partition coefficient (Wildman–Crippen LogP) is 3.31. The maximum atomic E-state index is 12.7. The summed E-state index contributed by atoms with van der Waals surface area (Å²) in [6.45, 7) is 6.06. The van der Waals surface area contributed by atoms with Crippen molar-refractivity contribution in [2.24, 2.45) is 0 Å². The van der Waals surface area contributed by atoms with Gasteiger partial charge in [-0.3, -0.25) is 4.79 Å². The Morgan fingerprint density at radius 3 is 2.79 bits per heavy atom. The molecule has 0 aliphatic rings. The maximum absolute atomic E-state index is 12.7. The summed E-state index contributed by atoms with van der Waals surface area (Å²) in [6, 6.07) is 3.30. The van der Waals surface area contributed by atoms with Gasteiger partial charge in [0.05, 0.1) is 16.9 Å². The first kappa shape index (κ1) is 20.2. The van der Waals surface area contributed by atoms with E-state index in [2.05, 4.69) is 9.97 Å². The van der Waals surface area contributed by atoms with E-state index in [0.717, 1.165) is 16.9 Å². The lowest BCUT2D eigenvalue weighted by Crippen LogP contribution is -2.37. The zero-order chi connectivity index (χ0) is 20.5. The Kier molecular flexibility index (Phi) is 5.61. The fourth-order valence-electron chi connectivity index (χ4n) is 2.68. The number of phenolic OH excluding ortho intramolecular Hbond substituents is 1. The summed E-state index contributed by atoms with van der Waals surface area (Å²) in [7, 11) is 0. The molecule has 0 saturated heterocycles. The van der Waals surface area contributed by atoms with Crippen molar-refractivity contribution in [2.45, 2.75) is 39.3 Å². The van der Waals surface area contributed by atoms with Gasteiger partial charge in [-0.25, -0.2) is 9.78 Å². The SMILES string of the molecule is CC(C)(C)OC(=O)N(CCc1ccc(O)c2[nH]c(=O)sc12)Cc1csc(N)n1. The van der Waals surface area contributed by atoms with Crippen molar-refractivity contribution in [3.63, 3.8) is 0 Å². The first-order valence-corrected chi connectivity index (χ1v) is 10.3. The number of nitrogens with zero attached hydrogens (tertiary/aromatic N) is 2. The van der Waals surface area contributed by atoms with Gasteiger partial charge < -0.3 is 25.5 Å². The molecule has 1 amide bonds. The minimum absolute atomic E-state index is 0.0269. The molecular weight excluding hydrogens is 400 g/mol. The van der Waals surface area contributed by atoms with Gasteiger partial charge in [0.2, 0.25) is 0 Å². The smallest absolute Gasteiger partial charge is 0.410 e. The molecule has 0 aliphatic heterocycles. The van der Waals surface area contributed by atoms with E-state index >= 15 is 0 Å². The first-order valence-electron chi connectivity index (χ1n) is 8.64. The zero-order valence-corrected chi connectivity index (χ0v) is 17.4. The van der Waals surface area contributed by atoms with Crippen LogP contribution in [0, 0.1) is 0 Å². The monoisotopic (exact) mass is 422 g/mol. The molecule has 28 heavy (non-hydrogen) atoms. The standard InChI is InChI=1S/C18H22N4O4S2/c1-18(2,3)26-17(25)22(8-11-9-27-15(19)20-11)7-6-10-4-5-12(23)13-14(10)28-16(24)21-13/h4-5,9,23H,6-8H2,1-3H3,(H2,19,20)(H,21,24). The summed E-state index contributed by atoms with van der Waals surface area (Å²) in [5, 5.41) is 12.2. The van der Waals surface area contributed by atoms with Crippen LogP contribution in [0.5, 0.6) is 5.75 Å². The third kappa shape index (κ3) is 4.82. The minimum atomic E-state index is -0.623. The largest absolute Gasteiger partial charge is 0.506 e. The molecule has 8 nitrogen and oxygen atoms in total. The van der Waals surface area contributed by atoms with Crippen LogP contribution >= 0.6 is 22.7 Å². The molecule has 2 aromatic heterocycles. The van der Waals surface area contributed by atoms with E-state index in [1.54, 1.807) is 17.0 Å². The number of nitrogen functional groups attached to an aromatic ring is 1. The number of hydrogen-bond donors (Lipinski definition) is 3. The second kappa shape index (κ2) is 7.80. The molecule has 0 bridgehead atoms. The highest BCUT2D eigenvalue weighted by atomic mass is 32.1. The molecule has 0 fully saturated rings. The number of nitrogens with one attached hydrogen (secondary N) is 1. The lowest BCUT2D eigenvalue weighted by atomic mass is 10.1. The average molecular weight is 423 g/mol. The molecule has 4 N–H and O–H groups in total. The van der Waals surface area contributed by atoms with Gasteiger partial charge in [0.1, 0.15) is 16.9 Å². The van der Waals surface area contributed by atoms with Gasteiger partial charge in [0.25, 0.3) is 0 Å². The van der Waals surface area contributed by atoms with E-state index in [9.17, 15) is 14.7 Å². The fraction of sp³-hybridized carbons (Fsp3) is 0.389. The third-order valence-corrected chi connectivity index (χ3v) is 5.54. The van der Waals surface area contributed by atoms with Gasteiger partial charge in [-0.15, -0.1) is 11.3 Å². The zero-order valence-electron chi connectivity index (χ0n) is 15.8. The van der Waals surface area contributed by atoms with Crippen molar-refractivity contribution in [2.75, 3.05) is 12.3 Å². The molecule has 150 valence electrons. The molecule has 3 rings (SSSR count). The average Bonchev–Trinajstić information content (AvgIpc) is 3.17. The Morgan fingerprint density at radius 1 is 1.39 bits per heavy atom. The summed E-state index contributed by atoms with van der Waals surface area (Å²) in [5.74, 6) is 0.0269.